The van der Waals surface area contributed by atoms with Crippen LogP contribution in [0.4, 0.5) is 17.1 Å². The first-order chi connectivity index (χ1) is 27.5. The van der Waals surface area contributed by atoms with Crippen LogP contribution in [-0.2, 0) is 5.41 Å². The number of hydrogen-bond acceptors (Lipinski definition) is 1. The highest BCUT2D eigenvalue weighted by atomic mass is 15.1. The SMILES string of the molecule is CC1(C)c2c(-c3cc(-c4ccccc4)cc(-c4ccccc4)c3)cccc2-c2c(-c3ccc(N(c4ccccc4)c4ccccc4)cc3)ccc3cccc1c23. The predicted octanol–water partition coefficient (Wildman–Crippen LogP) is 15.3. The summed E-state index contributed by atoms with van der Waals surface area (Å²) in [5, 5.41) is 2.63. The van der Waals surface area contributed by atoms with Crippen LogP contribution in [0.2, 0.25) is 0 Å². The second-order valence-corrected chi connectivity index (χ2v) is 15.3. The number of para-hydroxylation sites is 2. The van der Waals surface area contributed by atoms with E-state index in [1.54, 1.807) is 0 Å². The van der Waals surface area contributed by atoms with Crippen molar-refractivity contribution in [1.82, 2.24) is 0 Å². The molecule has 0 unspecified atom stereocenters. The van der Waals surface area contributed by atoms with Gasteiger partial charge >= 0.3 is 0 Å². The third kappa shape index (κ3) is 5.72. The van der Waals surface area contributed by atoms with E-state index in [4.69, 9.17) is 0 Å². The van der Waals surface area contributed by atoms with E-state index in [0.717, 1.165) is 17.1 Å². The van der Waals surface area contributed by atoms with E-state index in [2.05, 4.69) is 231 Å². The Hall–Kier alpha value is -6.96. The van der Waals surface area contributed by atoms with Crippen molar-refractivity contribution >= 4 is 27.8 Å². The van der Waals surface area contributed by atoms with Crippen LogP contribution in [-0.4, -0.2) is 0 Å². The smallest absolute Gasteiger partial charge is 0.0462 e. The number of nitrogens with zero attached hydrogens (tertiary/aromatic N) is 1. The van der Waals surface area contributed by atoms with Gasteiger partial charge in [-0.05, 0) is 132 Å². The molecule has 266 valence electrons. The second-order valence-electron chi connectivity index (χ2n) is 15.3. The summed E-state index contributed by atoms with van der Waals surface area (Å²) < 4.78 is 0. The standard InChI is InChI=1S/C55H41N/c1-55(2)51-28-15-21-41-31-34-48(40-29-32-47(33-30-40)56(45-22-11-5-12-23-45)46-24-13-6-14-25-46)53(52(41)51)50-27-16-26-49(54(50)55)44-36-42(38-17-7-3-8-18-38)35-43(37-44)39-19-9-4-10-20-39/h3-37H,1-2H3. The molecule has 10 rings (SSSR count). The average Bonchev–Trinajstić information content (AvgIpc) is 3.27. The molecule has 1 aliphatic carbocycles. The van der Waals surface area contributed by atoms with Gasteiger partial charge in [0.1, 0.15) is 0 Å². The molecule has 9 aromatic carbocycles. The van der Waals surface area contributed by atoms with Gasteiger partial charge < -0.3 is 4.90 Å². The predicted molar refractivity (Wildman–Crippen MR) is 238 cm³/mol. The number of hydrogen-bond donors (Lipinski definition) is 0. The molecule has 0 spiro atoms. The zero-order chi connectivity index (χ0) is 37.6. The number of anilines is 3. The molecule has 0 fully saturated rings. The summed E-state index contributed by atoms with van der Waals surface area (Å²) in [4.78, 5) is 2.32. The van der Waals surface area contributed by atoms with Crippen LogP contribution < -0.4 is 4.90 Å². The Morgan fingerprint density at radius 3 is 1.43 bits per heavy atom. The summed E-state index contributed by atoms with van der Waals surface area (Å²) in [6.07, 6.45) is 0. The van der Waals surface area contributed by atoms with Gasteiger partial charge in [0.15, 0.2) is 0 Å². The van der Waals surface area contributed by atoms with E-state index < -0.39 is 0 Å². The third-order valence-corrected chi connectivity index (χ3v) is 11.6. The van der Waals surface area contributed by atoms with Gasteiger partial charge in [-0.2, -0.15) is 0 Å². The van der Waals surface area contributed by atoms with Crippen LogP contribution in [0.3, 0.4) is 0 Å². The molecule has 0 amide bonds. The Balaban J connectivity index is 1.17. The molecule has 1 nitrogen and oxygen atoms in total. The van der Waals surface area contributed by atoms with Gasteiger partial charge in [0.2, 0.25) is 0 Å². The molecule has 56 heavy (non-hydrogen) atoms. The van der Waals surface area contributed by atoms with E-state index in [1.807, 2.05) is 0 Å². The summed E-state index contributed by atoms with van der Waals surface area (Å²) >= 11 is 0. The van der Waals surface area contributed by atoms with E-state index in [9.17, 15) is 0 Å². The highest BCUT2D eigenvalue weighted by Crippen LogP contribution is 2.54. The minimum Gasteiger partial charge on any atom is -0.311 e. The molecule has 0 heterocycles. The maximum atomic E-state index is 2.41. The lowest BCUT2D eigenvalue weighted by atomic mass is 9.65. The topological polar surface area (TPSA) is 3.24 Å². The van der Waals surface area contributed by atoms with Gasteiger partial charge in [-0.3, -0.25) is 0 Å². The Morgan fingerprint density at radius 2 is 0.839 bits per heavy atom. The minimum absolute atomic E-state index is 0.248. The first kappa shape index (κ1) is 33.6. The molecule has 0 aliphatic heterocycles. The van der Waals surface area contributed by atoms with Crippen LogP contribution in [0.25, 0.3) is 66.4 Å². The number of fused-ring (bicyclic) bond motifs is 2. The summed E-state index contributed by atoms with van der Waals surface area (Å²) in [6.45, 7) is 4.82. The molecule has 0 radical (unpaired) electrons. The molecule has 0 saturated carbocycles. The van der Waals surface area contributed by atoms with E-state index in [1.165, 1.54) is 77.5 Å². The summed E-state index contributed by atoms with van der Waals surface area (Å²) in [7, 11) is 0. The Morgan fingerprint density at radius 1 is 0.339 bits per heavy atom. The molecule has 0 aromatic heterocycles. The molecule has 0 bridgehead atoms. The van der Waals surface area contributed by atoms with Crippen LogP contribution in [0.15, 0.2) is 212 Å². The molecular weight excluding hydrogens is 675 g/mol. The second kappa shape index (κ2) is 13.7. The van der Waals surface area contributed by atoms with Gasteiger partial charge in [-0.25, -0.2) is 0 Å². The summed E-state index contributed by atoms with van der Waals surface area (Å²) in [6, 6.07) is 77.5. The first-order valence-corrected chi connectivity index (χ1v) is 19.5. The molecular formula is C55H41N. The van der Waals surface area contributed by atoms with Crippen LogP contribution >= 0.6 is 0 Å². The lowest BCUT2D eigenvalue weighted by molar-refractivity contribution is 0.647. The van der Waals surface area contributed by atoms with Crippen molar-refractivity contribution in [3.63, 3.8) is 0 Å². The van der Waals surface area contributed by atoms with Crippen molar-refractivity contribution in [2.45, 2.75) is 19.3 Å². The van der Waals surface area contributed by atoms with Gasteiger partial charge in [0.05, 0.1) is 0 Å². The van der Waals surface area contributed by atoms with Crippen LogP contribution in [0.1, 0.15) is 25.0 Å². The Labute approximate surface area is 329 Å². The Kier molecular flexibility index (Phi) is 8.23. The fraction of sp³-hybridized carbons (Fsp3) is 0.0545. The maximum absolute atomic E-state index is 2.41. The Bertz CT molecular complexity index is 2740. The first-order valence-electron chi connectivity index (χ1n) is 19.5. The fourth-order valence-electron chi connectivity index (χ4n) is 9.00. The minimum atomic E-state index is -0.248. The zero-order valence-electron chi connectivity index (χ0n) is 31.7. The summed E-state index contributed by atoms with van der Waals surface area (Å²) in [5.74, 6) is 0. The van der Waals surface area contributed by atoms with Crippen LogP contribution in [0, 0.1) is 0 Å². The van der Waals surface area contributed by atoms with Gasteiger partial charge in [0.25, 0.3) is 0 Å². The zero-order valence-corrected chi connectivity index (χ0v) is 31.7. The lowest BCUT2D eigenvalue weighted by Crippen LogP contribution is -2.25. The molecule has 0 atom stereocenters. The monoisotopic (exact) mass is 715 g/mol. The number of rotatable bonds is 7. The van der Waals surface area contributed by atoms with Crippen molar-refractivity contribution < 1.29 is 0 Å². The normalized spacial score (nSPS) is 12.6. The van der Waals surface area contributed by atoms with Gasteiger partial charge in [0, 0.05) is 22.5 Å². The third-order valence-electron chi connectivity index (χ3n) is 11.6. The van der Waals surface area contributed by atoms with Crippen molar-refractivity contribution in [2.24, 2.45) is 0 Å². The molecule has 1 aliphatic rings. The molecule has 9 aromatic rings. The lowest BCUT2D eigenvalue weighted by Gasteiger charge is -2.38. The quantitative estimate of drug-likeness (QED) is 0.159. The van der Waals surface area contributed by atoms with Crippen molar-refractivity contribution in [2.75, 3.05) is 4.90 Å². The maximum Gasteiger partial charge on any atom is 0.0462 e. The average molecular weight is 716 g/mol. The van der Waals surface area contributed by atoms with Crippen molar-refractivity contribution in [3.05, 3.63) is 223 Å². The largest absolute Gasteiger partial charge is 0.311 e. The highest BCUT2D eigenvalue weighted by molar-refractivity contribution is 6.10. The number of benzene rings is 9. The van der Waals surface area contributed by atoms with Crippen molar-refractivity contribution in [1.29, 1.82) is 0 Å². The van der Waals surface area contributed by atoms with Crippen molar-refractivity contribution in [3.8, 4) is 55.6 Å². The highest BCUT2D eigenvalue weighted by Gasteiger charge is 2.37. The molecule has 0 N–H and O–H groups in total. The van der Waals surface area contributed by atoms with E-state index in [0.29, 0.717) is 0 Å². The van der Waals surface area contributed by atoms with E-state index >= 15 is 0 Å². The summed E-state index contributed by atoms with van der Waals surface area (Å²) in [5.41, 5.74) is 18.3. The van der Waals surface area contributed by atoms with Gasteiger partial charge in [-0.15, -0.1) is 0 Å². The molecule has 1 heteroatoms. The van der Waals surface area contributed by atoms with Gasteiger partial charge in [-0.1, -0.05) is 172 Å². The van der Waals surface area contributed by atoms with E-state index in [-0.39, 0.29) is 5.41 Å². The fourth-order valence-corrected chi connectivity index (χ4v) is 9.00. The molecule has 0 saturated heterocycles. The van der Waals surface area contributed by atoms with Crippen LogP contribution in [0.5, 0.6) is 0 Å².